The summed E-state index contributed by atoms with van der Waals surface area (Å²) in [6.45, 7) is -0.799. The van der Waals surface area contributed by atoms with E-state index in [9.17, 15) is 29.3 Å². The third-order valence-electron chi connectivity index (χ3n) is 6.66. The van der Waals surface area contributed by atoms with E-state index in [1.165, 1.54) is 25.3 Å². The van der Waals surface area contributed by atoms with Gasteiger partial charge in [-0.1, -0.05) is 31.9 Å². The normalized spacial score (nSPS) is 29.2. The number of hydrogen-bond donors (Lipinski definition) is 1. The van der Waals surface area contributed by atoms with Crippen molar-refractivity contribution < 1.29 is 33.6 Å². The predicted octanol–water partition coefficient (Wildman–Crippen LogP) is 2.25. The maximum Gasteiger partial charge on any atom is 0.308 e. The lowest BCUT2D eigenvalue weighted by Crippen LogP contribution is -2.37. The number of esters is 1. The highest BCUT2D eigenvalue weighted by Crippen LogP contribution is 2.60. The molecule has 0 aromatic heterocycles. The minimum Gasteiger partial charge on any atom is -0.497 e. The summed E-state index contributed by atoms with van der Waals surface area (Å²) < 4.78 is 9.93. The van der Waals surface area contributed by atoms with Gasteiger partial charge in [0.2, 0.25) is 11.8 Å². The number of nitro groups is 1. The number of hydrogen-bond acceptors (Lipinski definition) is 8. The highest BCUT2D eigenvalue weighted by atomic mass is 79.9. The van der Waals surface area contributed by atoms with Crippen molar-refractivity contribution in [2.75, 3.05) is 25.6 Å². The molecule has 1 heterocycles. The van der Waals surface area contributed by atoms with Crippen LogP contribution in [-0.4, -0.2) is 63.4 Å². The Balaban J connectivity index is 1.29. The number of halogens is 2. The number of imide groups is 1. The SMILES string of the molecule is COc1ccc([N+](=O)[O-])c(NC(=O)COC(=O)CCN2C(=O)[C@@H]3[C@H]4C[C@@H]([C@H](Br)[C@H]4Br)[C@H]3C2=O)c1. The molecule has 2 bridgehead atoms. The average molecular weight is 603 g/mol. The quantitative estimate of drug-likeness (QED) is 0.157. The highest BCUT2D eigenvalue weighted by Gasteiger charge is 2.66. The van der Waals surface area contributed by atoms with Crippen LogP contribution in [0.15, 0.2) is 18.2 Å². The van der Waals surface area contributed by atoms with E-state index in [2.05, 4.69) is 37.2 Å². The van der Waals surface area contributed by atoms with Gasteiger partial charge in [-0.05, 0) is 24.3 Å². The maximum absolute atomic E-state index is 12.8. The summed E-state index contributed by atoms with van der Waals surface area (Å²) in [5.74, 6) is -2.34. The fourth-order valence-corrected chi connectivity index (χ4v) is 7.01. The summed E-state index contributed by atoms with van der Waals surface area (Å²) in [5, 5.41) is 13.5. The first-order valence-electron chi connectivity index (χ1n) is 10.5. The van der Waals surface area contributed by atoms with Gasteiger partial charge >= 0.3 is 5.97 Å². The van der Waals surface area contributed by atoms with Crippen molar-refractivity contribution in [1.29, 1.82) is 0 Å². The number of anilines is 1. The number of carbonyl (C=O) groups is 4. The molecule has 182 valence electrons. The summed E-state index contributed by atoms with van der Waals surface area (Å²) >= 11 is 7.24. The number of amides is 3. The Morgan fingerprint density at radius 1 is 1.18 bits per heavy atom. The molecule has 3 aliphatic rings. The molecule has 2 saturated carbocycles. The highest BCUT2D eigenvalue weighted by molar-refractivity contribution is 9.12. The molecule has 0 unspecified atom stereocenters. The number of alkyl halides is 2. The van der Waals surface area contributed by atoms with E-state index < -0.39 is 23.4 Å². The number of nitrogens with one attached hydrogen (secondary N) is 1. The largest absolute Gasteiger partial charge is 0.497 e. The number of ether oxygens (including phenoxy) is 2. The molecule has 0 spiro atoms. The van der Waals surface area contributed by atoms with Gasteiger partial charge in [-0.2, -0.15) is 0 Å². The molecule has 34 heavy (non-hydrogen) atoms. The first-order valence-corrected chi connectivity index (χ1v) is 12.4. The maximum atomic E-state index is 12.8. The van der Waals surface area contributed by atoms with Crippen LogP contribution in [0.5, 0.6) is 5.75 Å². The second-order valence-electron chi connectivity index (χ2n) is 8.43. The Bertz CT molecular complexity index is 1030. The van der Waals surface area contributed by atoms with Crippen LogP contribution in [-0.2, 0) is 23.9 Å². The van der Waals surface area contributed by atoms with E-state index in [1.807, 2.05) is 0 Å². The number of nitro benzene ring substituents is 1. The van der Waals surface area contributed by atoms with E-state index in [0.717, 1.165) is 11.3 Å². The minimum absolute atomic E-state index is 0.0807. The van der Waals surface area contributed by atoms with Gasteiger partial charge in [-0.3, -0.25) is 34.2 Å². The van der Waals surface area contributed by atoms with Crippen molar-refractivity contribution in [2.45, 2.75) is 22.5 Å². The summed E-state index contributed by atoms with van der Waals surface area (Å²) in [7, 11) is 1.37. The van der Waals surface area contributed by atoms with Crippen LogP contribution in [0.4, 0.5) is 11.4 Å². The van der Waals surface area contributed by atoms with Gasteiger partial charge in [0.05, 0.1) is 30.3 Å². The number of benzene rings is 1. The van der Waals surface area contributed by atoms with E-state index in [-0.39, 0.29) is 69.5 Å². The molecule has 13 heteroatoms. The zero-order chi connectivity index (χ0) is 24.7. The lowest BCUT2D eigenvalue weighted by atomic mass is 9.81. The first kappa shape index (κ1) is 24.6. The molecular weight excluding hydrogens is 582 g/mol. The Hall–Kier alpha value is -2.54. The Kier molecular flexibility index (Phi) is 6.94. The van der Waals surface area contributed by atoms with Crippen LogP contribution >= 0.6 is 31.9 Å². The van der Waals surface area contributed by atoms with Crippen molar-refractivity contribution in [1.82, 2.24) is 4.90 Å². The van der Waals surface area contributed by atoms with Crippen LogP contribution < -0.4 is 10.1 Å². The Labute approximate surface area is 210 Å². The number of rotatable bonds is 8. The van der Waals surface area contributed by atoms with Crippen molar-refractivity contribution in [3.05, 3.63) is 28.3 Å². The van der Waals surface area contributed by atoms with Crippen LogP contribution in [0.25, 0.3) is 0 Å². The number of carbonyl (C=O) groups excluding carboxylic acids is 4. The number of likely N-dealkylation sites (tertiary alicyclic amines) is 1. The van der Waals surface area contributed by atoms with Crippen molar-refractivity contribution >= 4 is 66.9 Å². The molecule has 3 amide bonds. The first-order chi connectivity index (χ1) is 16.1. The fraction of sp³-hybridized carbons (Fsp3) is 0.524. The molecule has 4 rings (SSSR count). The number of methoxy groups -OCH3 is 1. The lowest BCUT2D eigenvalue weighted by molar-refractivity contribution is -0.383. The molecule has 6 atom stereocenters. The summed E-state index contributed by atoms with van der Waals surface area (Å²) in [5.41, 5.74) is -0.447. The zero-order valence-corrected chi connectivity index (χ0v) is 21.1. The molecule has 0 radical (unpaired) electrons. The third-order valence-corrected chi connectivity index (χ3v) is 9.86. The van der Waals surface area contributed by atoms with Gasteiger partial charge in [0.15, 0.2) is 6.61 Å². The van der Waals surface area contributed by atoms with Gasteiger partial charge in [-0.25, -0.2) is 0 Å². The van der Waals surface area contributed by atoms with Crippen molar-refractivity contribution in [2.24, 2.45) is 23.7 Å². The van der Waals surface area contributed by atoms with Crippen LogP contribution in [0.1, 0.15) is 12.8 Å². The summed E-state index contributed by atoms with van der Waals surface area (Å²) in [4.78, 5) is 61.8. The van der Waals surface area contributed by atoms with Gasteiger partial charge in [0.25, 0.3) is 11.6 Å². The zero-order valence-electron chi connectivity index (χ0n) is 17.9. The predicted molar refractivity (Wildman–Crippen MR) is 125 cm³/mol. The van der Waals surface area contributed by atoms with Gasteiger partial charge in [-0.15, -0.1) is 0 Å². The monoisotopic (exact) mass is 601 g/mol. The van der Waals surface area contributed by atoms with Crippen LogP contribution in [0.3, 0.4) is 0 Å². The van der Waals surface area contributed by atoms with Crippen molar-refractivity contribution in [3.8, 4) is 5.75 Å². The van der Waals surface area contributed by atoms with E-state index in [1.54, 1.807) is 0 Å². The Morgan fingerprint density at radius 3 is 2.35 bits per heavy atom. The van der Waals surface area contributed by atoms with Gasteiger partial charge in [0, 0.05) is 28.3 Å². The molecule has 11 nitrogen and oxygen atoms in total. The number of fused-ring (bicyclic) bond motifs is 5. The summed E-state index contributed by atoms with van der Waals surface area (Å²) in [6.07, 6.45) is 0.559. The van der Waals surface area contributed by atoms with Gasteiger partial charge in [0.1, 0.15) is 11.4 Å². The molecule has 2 aliphatic carbocycles. The second kappa shape index (κ2) is 9.61. The van der Waals surface area contributed by atoms with Crippen LogP contribution in [0, 0.1) is 33.8 Å². The average Bonchev–Trinajstić information content (AvgIpc) is 3.41. The molecule has 1 N–H and O–H groups in total. The molecule has 1 aliphatic heterocycles. The smallest absolute Gasteiger partial charge is 0.308 e. The van der Waals surface area contributed by atoms with E-state index >= 15 is 0 Å². The third kappa shape index (κ3) is 4.30. The standard InChI is InChI=1S/C21H21Br2N3O8/c1-33-9-2-3-13(26(31)32)12(6-9)24-14(27)8-34-15(28)4-5-25-20(29)16-10-7-11(17(16)21(25)30)19(23)18(10)22/h2-3,6,10-11,16-19H,4-5,7-8H2,1H3,(H,24,27)/t10-,11-,16-,17-,18+,19+/m1/s1. The molecule has 1 aromatic rings. The topological polar surface area (TPSA) is 145 Å². The van der Waals surface area contributed by atoms with Gasteiger partial charge < -0.3 is 14.8 Å². The summed E-state index contributed by atoms with van der Waals surface area (Å²) in [6, 6.07) is 3.84. The van der Waals surface area contributed by atoms with E-state index in [0.29, 0.717) is 5.75 Å². The van der Waals surface area contributed by atoms with Crippen LogP contribution in [0.2, 0.25) is 0 Å². The number of nitrogens with zero attached hydrogens (tertiary/aromatic N) is 2. The molecular formula is C21H21Br2N3O8. The lowest BCUT2D eigenvalue weighted by Gasteiger charge is -2.28. The molecule has 3 fully saturated rings. The van der Waals surface area contributed by atoms with E-state index in [4.69, 9.17) is 9.47 Å². The second-order valence-corrected chi connectivity index (χ2v) is 10.5. The minimum atomic E-state index is -0.782. The van der Waals surface area contributed by atoms with Crippen molar-refractivity contribution in [3.63, 3.8) is 0 Å². The molecule has 1 aromatic carbocycles. The Morgan fingerprint density at radius 2 is 1.79 bits per heavy atom. The fourth-order valence-electron chi connectivity index (χ4n) is 5.14. The molecule has 1 saturated heterocycles.